The maximum absolute atomic E-state index is 11.7. The summed E-state index contributed by atoms with van der Waals surface area (Å²) in [6.45, 7) is 3.20. The van der Waals surface area contributed by atoms with Crippen LogP contribution >= 0.6 is 0 Å². The van der Waals surface area contributed by atoms with Gasteiger partial charge in [-0.2, -0.15) is 0 Å². The van der Waals surface area contributed by atoms with Gasteiger partial charge in [-0.25, -0.2) is 8.42 Å². The maximum atomic E-state index is 11.7. The monoisotopic (exact) mass is 278 g/mol. The number of fused-ring (bicyclic) bond motifs is 1. The van der Waals surface area contributed by atoms with E-state index in [1.807, 2.05) is 18.2 Å². The zero-order valence-corrected chi connectivity index (χ0v) is 11.0. The van der Waals surface area contributed by atoms with Crippen LogP contribution in [-0.4, -0.2) is 25.1 Å². The standard InChI is InChI=1S/C13H14N2O3S/c1-2-19(17,18)9-7-13(16)15-12-5-3-4-11-10(12)6-8-14-11/h2-6,8,14H,1,7,9H2,(H,15,16). The first-order valence-electron chi connectivity index (χ1n) is 5.73. The van der Waals surface area contributed by atoms with E-state index in [9.17, 15) is 13.2 Å². The van der Waals surface area contributed by atoms with E-state index in [2.05, 4.69) is 16.9 Å². The minimum absolute atomic E-state index is 0.0881. The Balaban J connectivity index is 2.07. The van der Waals surface area contributed by atoms with Crippen molar-refractivity contribution in [2.45, 2.75) is 6.42 Å². The van der Waals surface area contributed by atoms with Crippen LogP contribution in [0.2, 0.25) is 0 Å². The summed E-state index contributed by atoms with van der Waals surface area (Å²) >= 11 is 0. The Kier molecular flexibility index (Phi) is 3.71. The third kappa shape index (κ3) is 3.23. The molecule has 0 bridgehead atoms. The summed E-state index contributed by atoms with van der Waals surface area (Å²) in [5.74, 6) is -0.565. The quantitative estimate of drug-likeness (QED) is 0.878. The molecule has 2 N–H and O–H groups in total. The first-order valence-corrected chi connectivity index (χ1v) is 7.44. The molecule has 1 aromatic carbocycles. The second-order valence-corrected chi connectivity index (χ2v) is 6.14. The number of hydrogen-bond donors (Lipinski definition) is 2. The average molecular weight is 278 g/mol. The van der Waals surface area contributed by atoms with Crippen molar-refractivity contribution in [1.82, 2.24) is 4.98 Å². The lowest BCUT2D eigenvalue weighted by Crippen LogP contribution is -2.16. The van der Waals surface area contributed by atoms with Gasteiger partial charge in [0.25, 0.3) is 0 Å². The van der Waals surface area contributed by atoms with Crippen molar-refractivity contribution in [1.29, 1.82) is 0 Å². The Hall–Kier alpha value is -2.08. The molecule has 0 aliphatic heterocycles. The first kappa shape index (κ1) is 13.4. The number of amides is 1. The van der Waals surface area contributed by atoms with E-state index in [0.29, 0.717) is 5.69 Å². The van der Waals surface area contributed by atoms with Crippen molar-refractivity contribution in [3.8, 4) is 0 Å². The van der Waals surface area contributed by atoms with Gasteiger partial charge in [-0.15, -0.1) is 0 Å². The molecule has 19 heavy (non-hydrogen) atoms. The molecule has 100 valence electrons. The van der Waals surface area contributed by atoms with Gasteiger partial charge >= 0.3 is 0 Å². The van der Waals surface area contributed by atoms with Crippen LogP contribution in [0.25, 0.3) is 10.9 Å². The second-order valence-electron chi connectivity index (χ2n) is 4.08. The summed E-state index contributed by atoms with van der Waals surface area (Å²) in [6, 6.07) is 7.34. The van der Waals surface area contributed by atoms with Crippen molar-refractivity contribution >= 4 is 32.3 Å². The van der Waals surface area contributed by atoms with E-state index in [-0.39, 0.29) is 18.1 Å². The summed E-state index contributed by atoms with van der Waals surface area (Å²) in [7, 11) is -3.34. The Labute approximate surface area is 111 Å². The lowest BCUT2D eigenvalue weighted by molar-refractivity contribution is -0.115. The third-order valence-electron chi connectivity index (χ3n) is 2.74. The zero-order chi connectivity index (χ0) is 13.9. The normalized spacial score (nSPS) is 11.4. The van der Waals surface area contributed by atoms with Crippen LogP contribution < -0.4 is 5.32 Å². The molecular formula is C13H14N2O3S. The van der Waals surface area contributed by atoms with Crippen molar-refractivity contribution < 1.29 is 13.2 Å². The van der Waals surface area contributed by atoms with Crippen molar-refractivity contribution in [3.05, 3.63) is 42.4 Å². The molecule has 2 rings (SSSR count). The van der Waals surface area contributed by atoms with Crippen molar-refractivity contribution in [2.75, 3.05) is 11.1 Å². The number of rotatable bonds is 5. The van der Waals surface area contributed by atoms with Gasteiger partial charge in [0.1, 0.15) is 0 Å². The topological polar surface area (TPSA) is 79.0 Å². The van der Waals surface area contributed by atoms with Gasteiger partial charge in [0.05, 0.1) is 11.4 Å². The number of anilines is 1. The highest BCUT2D eigenvalue weighted by Gasteiger charge is 2.11. The van der Waals surface area contributed by atoms with E-state index in [4.69, 9.17) is 0 Å². The van der Waals surface area contributed by atoms with Crippen LogP contribution in [0.3, 0.4) is 0 Å². The molecule has 1 aromatic heterocycles. The molecule has 1 heterocycles. The molecule has 5 nitrogen and oxygen atoms in total. The first-order chi connectivity index (χ1) is 9.02. The molecule has 0 aliphatic rings. The van der Waals surface area contributed by atoms with Crippen LogP contribution in [0, 0.1) is 0 Å². The van der Waals surface area contributed by atoms with E-state index in [1.54, 1.807) is 12.3 Å². The van der Waals surface area contributed by atoms with E-state index in [1.165, 1.54) is 0 Å². The minimum Gasteiger partial charge on any atom is -0.361 e. The smallest absolute Gasteiger partial charge is 0.225 e. The molecular weight excluding hydrogens is 264 g/mol. The van der Waals surface area contributed by atoms with Gasteiger partial charge < -0.3 is 10.3 Å². The van der Waals surface area contributed by atoms with Gasteiger partial charge in [0, 0.05) is 28.9 Å². The predicted molar refractivity (Wildman–Crippen MR) is 75.5 cm³/mol. The second kappa shape index (κ2) is 5.27. The molecule has 0 aliphatic carbocycles. The number of aromatic amines is 1. The molecule has 2 aromatic rings. The van der Waals surface area contributed by atoms with Gasteiger partial charge in [-0.3, -0.25) is 4.79 Å². The summed E-state index contributed by atoms with van der Waals surface area (Å²) in [5, 5.41) is 4.47. The van der Waals surface area contributed by atoms with Gasteiger partial charge in [-0.05, 0) is 18.2 Å². The Morgan fingerprint density at radius 1 is 1.37 bits per heavy atom. The highest BCUT2D eigenvalue weighted by atomic mass is 32.2. The number of H-pyrrole nitrogens is 1. The largest absolute Gasteiger partial charge is 0.361 e. The molecule has 0 atom stereocenters. The summed E-state index contributed by atoms with van der Waals surface area (Å²) in [6.07, 6.45) is 1.69. The van der Waals surface area contributed by atoms with Crippen molar-refractivity contribution in [2.24, 2.45) is 0 Å². The fourth-order valence-electron chi connectivity index (χ4n) is 1.73. The Morgan fingerprint density at radius 3 is 2.89 bits per heavy atom. The fourth-order valence-corrected chi connectivity index (χ4v) is 2.36. The lowest BCUT2D eigenvalue weighted by atomic mass is 10.2. The Morgan fingerprint density at radius 2 is 2.16 bits per heavy atom. The molecule has 0 fully saturated rings. The van der Waals surface area contributed by atoms with Gasteiger partial charge in [0.2, 0.25) is 5.91 Å². The van der Waals surface area contributed by atoms with Crippen LogP contribution in [0.15, 0.2) is 42.4 Å². The van der Waals surface area contributed by atoms with Crippen LogP contribution in [0.5, 0.6) is 0 Å². The molecule has 1 amide bonds. The number of nitrogens with one attached hydrogen (secondary N) is 2. The number of sulfone groups is 1. The average Bonchev–Trinajstić information content (AvgIpc) is 2.86. The number of benzene rings is 1. The van der Waals surface area contributed by atoms with E-state index >= 15 is 0 Å². The molecule has 0 spiro atoms. The van der Waals surface area contributed by atoms with Crippen molar-refractivity contribution in [3.63, 3.8) is 0 Å². The Bertz CT molecular complexity index is 716. The van der Waals surface area contributed by atoms with Crippen LogP contribution in [0.1, 0.15) is 6.42 Å². The highest BCUT2D eigenvalue weighted by Crippen LogP contribution is 2.22. The maximum Gasteiger partial charge on any atom is 0.225 e. The van der Waals surface area contributed by atoms with Crippen LogP contribution in [-0.2, 0) is 14.6 Å². The fraction of sp³-hybridized carbons (Fsp3) is 0.154. The lowest BCUT2D eigenvalue weighted by Gasteiger charge is -2.06. The number of carbonyl (C=O) groups excluding carboxylic acids is 1. The minimum atomic E-state index is -3.34. The third-order valence-corrected chi connectivity index (χ3v) is 4.02. The predicted octanol–water partition coefficient (Wildman–Crippen LogP) is 2.05. The molecule has 0 saturated heterocycles. The summed E-state index contributed by atoms with van der Waals surface area (Å²) < 4.78 is 22.4. The van der Waals surface area contributed by atoms with E-state index < -0.39 is 9.84 Å². The molecule has 0 unspecified atom stereocenters. The number of carbonyl (C=O) groups is 1. The summed E-state index contributed by atoms with van der Waals surface area (Å²) in [5.41, 5.74) is 1.58. The highest BCUT2D eigenvalue weighted by molar-refractivity contribution is 7.94. The SMILES string of the molecule is C=CS(=O)(=O)CCC(=O)Nc1cccc2[nH]ccc12. The zero-order valence-electron chi connectivity index (χ0n) is 10.2. The molecule has 0 saturated carbocycles. The van der Waals surface area contributed by atoms with Crippen LogP contribution in [0.4, 0.5) is 5.69 Å². The number of aromatic nitrogens is 1. The van der Waals surface area contributed by atoms with Gasteiger partial charge in [-0.1, -0.05) is 12.6 Å². The number of hydrogen-bond acceptors (Lipinski definition) is 3. The molecule has 0 radical (unpaired) electrons. The van der Waals surface area contributed by atoms with Gasteiger partial charge in [0.15, 0.2) is 9.84 Å². The summed E-state index contributed by atoms with van der Waals surface area (Å²) in [4.78, 5) is 14.8. The van der Waals surface area contributed by atoms with E-state index in [0.717, 1.165) is 16.3 Å². The molecule has 6 heteroatoms.